The highest BCUT2D eigenvalue weighted by molar-refractivity contribution is 6.05. The lowest BCUT2D eigenvalue weighted by atomic mass is 10.2. The fourth-order valence-corrected chi connectivity index (χ4v) is 4.34. The molecule has 9 heteroatoms. The van der Waals surface area contributed by atoms with Gasteiger partial charge in [-0.3, -0.25) is 19.8 Å². The zero-order valence-electron chi connectivity index (χ0n) is 17.0. The van der Waals surface area contributed by atoms with Crippen molar-refractivity contribution in [1.29, 1.82) is 0 Å². The van der Waals surface area contributed by atoms with Crippen LogP contribution in [-0.4, -0.2) is 51.1 Å². The Hall–Kier alpha value is -3.30. The van der Waals surface area contributed by atoms with E-state index in [1.807, 2.05) is 18.2 Å². The number of non-ortho nitro benzene ring substituents is 1. The van der Waals surface area contributed by atoms with Crippen molar-refractivity contribution in [2.45, 2.75) is 32.0 Å². The van der Waals surface area contributed by atoms with Gasteiger partial charge in [0.05, 0.1) is 28.6 Å². The molecule has 1 atom stereocenters. The molecule has 1 fully saturated rings. The molecular weight excluding hydrogens is 398 g/mol. The molecule has 0 saturated carbocycles. The summed E-state index contributed by atoms with van der Waals surface area (Å²) < 4.78 is 8.00. The number of amides is 1. The number of carbonyl (C=O) groups excluding carboxylic acids is 1. The highest BCUT2D eigenvalue weighted by Gasteiger charge is 2.24. The molecule has 0 radical (unpaired) electrons. The molecule has 9 nitrogen and oxygen atoms in total. The van der Waals surface area contributed by atoms with Crippen LogP contribution in [0.2, 0.25) is 0 Å². The van der Waals surface area contributed by atoms with Crippen LogP contribution in [0, 0.1) is 10.1 Å². The molecule has 31 heavy (non-hydrogen) atoms. The van der Waals surface area contributed by atoms with Crippen LogP contribution in [0.4, 0.5) is 11.4 Å². The van der Waals surface area contributed by atoms with Crippen molar-refractivity contribution in [3.05, 3.63) is 64.0 Å². The van der Waals surface area contributed by atoms with E-state index in [9.17, 15) is 14.9 Å². The van der Waals surface area contributed by atoms with Gasteiger partial charge in [0.15, 0.2) is 0 Å². The summed E-state index contributed by atoms with van der Waals surface area (Å²) >= 11 is 0. The van der Waals surface area contributed by atoms with Crippen molar-refractivity contribution >= 4 is 28.3 Å². The maximum Gasteiger partial charge on any atom is 0.270 e. The average Bonchev–Trinajstić information content (AvgIpc) is 3.40. The highest BCUT2D eigenvalue weighted by atomic mass is 16.6. The summed E-state index contributed by atoms with van der Waals surface area (Å²) in [6.45, 7) is 4.42. The first kappa shape index (κ1) is 19.7. The molecule has 0 bridgehead atoms. The molecular formula is C22H23N5O4. The van der Waals surface area contributed by atoms with E-state index in [1.54, 1.807) is 6.07 Å². The number of aromatic nitrogens is 2. The largest absolute Gasteiger partial charge is 0.377 e. The Kier molecular flexibility index (Phi) is 5.13. The molecule has 5 rings (SSSR count). The van der Waals surface area contributed by atoms with E-state index in [4.69, 9.17) is 9.72 Å². The number of ether oxygens (including phenoxy) is 1. The van der Waals surface area contributed by atoms with Crippen LogP contribution in [0.15, 0.2) is 42.5 Å². The van der Waals surface area contributed by atoms with Crippen LogP contribution in [0.3, 0.4) is 0 Å². The van der Waals surface area contributed by atoms with Crippen molar-refractivity contribution in [1.82, 2.24) is 14.5 Å². The topological polar surface area (TPSA) is 103 Å². The van der Waals surface area contributed by atoms with Gasteiger partial charge in [-0.25, -0.2) is 4.98 Å². The van der Waals surface area contributed by atoms with Crippen molar-refractivity contribution < 1.29 is 14.5 Å². The molecule has 1 saturated heterocycles. The maximum atomic E-state index is 12.5. The lowest BCUT2D eigenvalue weighted by Crippen LogP contribution is -2.38. The molecule has 3 heterocycles. The zero-order chi connectivity index (χ0) is 21.4. The van der Waals surface area contributed by atoms with E-state index in [1.165, 1.54) is 18.2 Å². The molecule has 1 N–H and O–H groups in total. The minimum absolute atomic E-state index is 0.113. The minimum Gasteiger partial charge on any atom is -0.377 e. The summed E-state index contributed by atoms with van der Waals surface area (Å²) in [5.74, 6) is 0.621. The summed E-state index contributed by atoms with van der Waals surface area (Å²) in [4.78, 5) is 30.2. The number of nitro groups is 1. The van der Waals surface area contributed by atoms with Gasteiger partial charge in [0.2, 0.25) is 0 Å². The number of benzene rings is 2. The van der Waals surface area contributed by atoms with Gasteiger partial charge in [-0.05, 0) is 37.1 Å². The Bertz CT molecular complexity index is 1150. The number of rotatable bonds is 5. The fourth-order valence-electron chi connectivity index (χ4n) is 4.34. The van der Waals surface area contributed by atoms with E-state index >= 15 is 0 Å². The smallest absolute Gasteiger partial charge is 0.270 e. The molecule has 160 valence electrons. The van der Waals surface area contributed by atoms with Gasteiger partial charge in [0, 0.05) is 49.6 Å². The molecule has 2 aliphatic heterocycles. The molecule has 2 aliphatic rings. The second-order valence-corrected chi connectivity index (χ2v) is 8.01. The van der Waals surface area contributed by atoms with Crippen LogP contribution >= 0.6 is 0 Å². The molecule has 1 aromatic heterocycles. The van der Waals surface area contributed by atoms with Gasteiger partial charge < -0.3 is 14.6 Å². The van der Waals surface area contributed by atoms with Crippen molar-refractivity contribution in [3.8, 4) is 0 Å². The van der Waals surface area contributed by atoms with Gasteiger partial charge in [-0.1, -0.05) is 6.07 Å². The molecule has 1 amide bonds. The van der Waals surface area contributed by atoms with E-state index in [0.717, 1.165) is 62.5 Å². The number of nitro benzene ring substituents is 1. The number of hydrogen-bond donors (Lipinski definition) is 1. The summed E-state index contributed by atoms with van der Waals surface area (Å²) in [5.41, 5.74) is 2.60. The molecule has 3 aromatic rings. The van der Waals surface area contributed by atoms with Crippen LogP contribution < -0.4 is 5.32 Å². The van der Waals surface area contributed by atoms with Gasteiger partial charge in [-0.2, -0.15) is 0 Å². The molecule has 0 spiro atoms. The summed E-state index contributed by atoms with van der Waals surface area (Å²) in [6.07, 6.45) is 2.59. The predicted molar refractivity (Wildman–Crippen MR) is 115 cm³/mol. The number of fused-ring (bicyclic) bond motifs is 3. The Labute approximate surface area is 178 Å². The number of imidazole rings is 1. The zero-order valence-corrected chi connectivity index (χ0v) is 17.0. The van der Waals surface area contributed by atoms with E-state index in [0.29, 0.717) is 11.8 Å². The van der Waals surface area contributed by atoms with Crippen molar-refractivity contribution in [2.24, 2.45) is 0 Å². The lowest BCUT2D eigenvalue weighted by Gasteiger charge is -2.29. The lowest BCUT2D eigenvalue weighted by molar-refractivity contribution is -0.384. The van der Waals surface area contributed by atoms with Gasteiger partial charge in [-0.15, -0.1) is 0 Å². The Morgan fingerprint density at radius 3 is 2.97 bits per heavy atom. The second kappa shape index (κ2) is 8.09. The van der Waals surface area contributed by atoms with Crippen LogP contribution in [-0.2, 0) is 17.8 Å². The summed E-state index contributed by atoms with van der Waals surface area (Å²) in [6, 6.07) is 11.3. The van der Waals surface area contributed by atoms with Gasteiger partial charge in [0.1, 0.15) is 5.82 Å². The third-order valence-corrected chi connectivity index (χ3v) is 5.90. The van der Waals surface area contributed by atoms with Gasteiger partial charge in [0.25, 0.3) is 11.6 Å². The average molecular weight is 421 g/mol. The third-order valence-electron chi connectivity index (χ3n) is 5.90. The first-order valence-electron chi connectivity index (χ1n) is 10.5. The number of carbonyl (C=O) groups is 1. The highest BCUT2D eigenvalue weighted by Crippen LogP contribution is 2.25. The molecule has 0 aliphatic carbocycles. The van der Waals surface area contributed by atoms with E-state index in [-0.39, 0.29) is 11.3 Å². The first-order valence-corrected chi connectivity index (χ1v) is 10.5. The standard InChI is InChI=1S/C22H23N5O4/c28-22(15-3-1-4-17(11-15)27(29)30)23-16-6-7-20-19(12-16)24-21-14-25(8-9-26(20)21)13-18-5-2-10-31-18/h1,3-4,6-7,11-12,18H,2,5,8-10,13-14H2,(H,23,28). The maximum absolute atomic E-state index is 12.5. The minimum atomic E-state index is -0.513. The number of nitrogens with one attached hydrogen (secondary N) is 1. The quantitative estimate of drug-likeness (QED) is 0.501. The number of hydrogen-bond acceptors (Lipinski definition) is 6. The summed E-state index contributed by atoms with van der Waals surface area (Å²) in [7, 11) is 0. The van der Waals surface area contributed by atoms with Gasteiger partial charge >= 0.3 is 0 Å². The van der Waals surface area contributed by atoms with Crippen LogP contribution in [0.5, 0.6) is 0 Å². The van der Waals surface area contributed by atoms with Crippen LogP contribution in [0.25, 0.3) is 11.0 Å². The van der Waals surface area contributed by atoms with E-state index < -0.39 is 10.8 Å². The van der Waals surface area contributed by atoms with E-state index in [2.05, 4.69) is 14.8 Å². The monoisotopic (exact) mass is 421 g/mol. The van der Waals surface area contributed by atoms with Crippen molar-refractivity contribution in [3.63, 3.8) is 0 Å². The fraction of sp³-hybridized carbons (Fsp3) is 0.364. The third kappa shape index (κ3) is 4.01. The number of nitrogens with zero attached hydrogens (tertiary/aromatic N) is 4. The Balaban J connectivity index is 1.32. The van der Waals surface area contributed by atoms with Crippen LogP contribution in [0.1, 0.15) is 29.0 Å². The second-order valence-electron chi connectivity index (χ2n) is 8.01. The molecule has 1 unspecified atom stereocenters. The predicted octanol–water partition coefficient (Wildman–Crippen LogP) is 3.19. The summed E-state index contributed by atoms with van der Waals surface area (Å²) in [5, 5.41) is 13.8. The molecule has 2 aromatic carbocycles. The Morgan fingerprint density at radius 1 is 1.26 bits per heavy atom. The first-order chi connectivity index (χ1) is 15.1. The number of anilines is 1. The SMILES string of the molecule is O=C(Nc1ccc2c(c1)nc1n2CCN(CC2CCCO2)C1)c1cccc([N+](=O)[O-])c1. The Morgan fingerprint density at radius 2 is 2.16 bits per heavy atom. The normalized spacial score (nSPS) is 18.8. The van der Waals surface area contributed by atoms with Crippen molar-refractivity contribution in [2.75, 3.05) is 25.0 Å².